The predicted molar refractivity (Wildman–Crippen MR) is 90.7 cm³/mol. The van der Waals surface area contributed by atoms with Crippen molar-refractivity contribution in [3.05, 3.63) is 48.0 Å². The first-order valence-corrected chi connectivity index (χ1v) is 8.51. The van der Waals surface area contributed by atoms with Crippen LogP contribution in [0.25, 0.3) is 0 Å². The number of nitrogens with zero attached hydrogens (tertiary/aromatic N) is 1. The fourth-order valence-corrected chi connectivity index (χ4v) is 3.54. The minimum atomic E-state index is 0.405. The Morgan fingerprint density at radius 1 is 1.27 bits per heavy atom. The van der Waals surface area contributed by atoms with Crippen LogP contribution in [0.1, 0.15) is 62.5 Å². The van der Waals surface area contributed by atoms with Crippen molar-refractivity contribution in [2.75, 3.05) is 6.61 Å². The van der Waals surface area contributed by atoms with Crippen LogP contribution in [0.3, 0.4) is 0 Å². The average Bonchev–Trinajstić information content (AvgIpc) is 2.59. The minimum absolute atomic E-state index is 0.405. The van der Waals surface area contributed by atoms with E-state index in [0.717, 1.165) is 25.0 Å². The molecule has 0 heterocycles. The van der Waals surface area contributed by atoms with Crippen LogP contribution < -0.4 is 0 Å². The molecule has 0 aliphatic heterocycles. The van der Waals surface area contributed by atoms with E-state index in [9.17, 15) is 0 Å². The van der Waals surface area contributed by atoms with Gasteiger partial charge in [-0.2, -0.15) is 5.26 Å². The monoisotopic (exact) mass is 297 g/mol. The normalized spacial score (nSPS) is 22.7. The molecule has 1 atom stereocenters. The molecule has 2 rings (SSSR count). The molecular formula is C20H27NO. The fraction of sp³-hybridized carbons (Fsp3) is 0.550. The Morgan fingerprint density at radius 2 is 1.95 bits per heavy atom. The molecule has 1 aromatic carbocycles. The number of ether oxygens (including phenoxy) is 1. The maximum Gasteiger partial charge on any atom is 0.0991 e. The molecule has 1 aromatic rings. The molecule has 22 heavy (non-hydrogen) atoms. The third-order valence-electron chi connectivity index (χ3n) is 4.87. The summed E-state index contributed by atoms with van der Waals surface area (Å²) in [5, 5.41) is 8.88. The summed E-state index contributed by atoms with van der Waals surface area (Å²) in [6.07, 6.45) is 9.33. The van der Waals surface area contributed by atoms with Gasteiger partial charge in [0.25, 0.3) is 0 Å². The zero-order valence-electron chi connectivity index (χ0n) is 13.6. The molecule has 1 fully saturated rings. The van der Waals surface area contributed by atoms with Crippen LogP contribution in [0.4, 0.5) is 0 Å². The molecule has 118 valence electrons. The van der Waals surface area contributed by atoms with Gasteiger partial charge in [0.05, 0.1) is 24.3 Å². The van der Waals surface area contributed by atoms with Crippen LogP contribution in [0, 0.1) is 17.2 Å². The van der Waals surface area contributed by atoms with Crippen molar-refractivity contribution >= 4 is 0 Å². The van der Waals surface area contributed by atoms with E-state index in [1.54, 1.807) is 0 Å². The van der Waals surface area contributed by atoms with Gasteiger partial charge in [-0.05, 0) is 68.1 Å². The highest BCUT2D eigenvalue weighted by Gasteiger charge is 2.27. The third kappa shape index (κ3) is 4.45. The smallest absolute Gasteiger partial charge is 0.0991 e. The molecule has 1 aliphatic carbocycles. The molecule has 0 spiro atoms. The summed E-state index contributed by atoms with van der Waals surface area (Å²) in [5.41, 5.74) is 2.14. The molecule has 0 radical (unpaired) electrons. The summed E-state index contributed by atoms with van der Waals surface area (Å²) in [7, 11) is 0. The standard InChI is InChI=1S/C20H27NO/c1-3-5-14-22-20(4-2)19-12-10-18(11-13-19)17-8-6-16(15-21)7-9-17/h3,6-9,18-20H,1,4-5,10-14H2,2H3. The molecular weight excluding hydrogens is 270 g/mol. The molecule has 2 heteroatoms. The van der Waals surface area contributed by atoms with Crippen molar-refractivity contribution in [3.63, 3.8) is 0 Å². The van der Waals surface area contributed by atoms with Gasteiger partial charge in [-0.1, -0.05) is 25.1 Å². The number of hydrogen-bond donors (Lipinski definition) is 0. The van der Waals surface area contributed by atoms with Crippen LogP contribution in [0.5, 0.6) is 0 Å². The zero-order valence-corrected chi connectivity index (χ0v) is 13.6. The van der Waals surface area contributed by atoms with Gasteiger partial charge in [0.2, 0.25) is 0 Å². The van der Waals surface area contributed by atoms with Crippen LogP contribution in [-0.2, 0) is 4.74 Å². The van der Waals surface area contributed by atoms with E-state index >= 15 is 0 Å². The van der Waals surface area contributed by atoms with Crippen molar-refractivity contribution < 1.29 is 4.74 Å². The first-order chi connectivity index (χ1) is 10.8. The van der Waals surface area contributed by atoms with Gasteiger partial charge in [0.15, 0.2) is 0 Å². The summed E-state index contributed by atoms with van der Waals surface area (Å²) < 4.78 is 6.04. The lowest BCUT2D eigenvalue weighted by Crippen LogP contribution is -2.27. The number of hydrogen-bond acceptors (Lipinski definition) is 2. The molecule has 1 saturated carbocycles. The summed E-state index contributed by atoms with van der Waals surface area (Å²) in [6, 6.07) is 10.3. The fourth-order valence-electron chi connectivity index (χ4n) is 3.54. The van der Waals surface area contributed by atoms with Crippen LogP contribution in [0.2, 0.25) is 0 Å². The minimum Gasteiger partial charge on any atom is -0.378 e. The Balaban J connectivity index is 1.85. The van der Waals surface area contributed by atoms with Gasteiger partial charge in [0, 0.05) is 0 Å². The number of nitriles is 1. The van der Waals surface area contributed by atoms with Crippen molar-refractivity contribution in [2.45, 2.75) is 57.5 Å². The van der Waals surface area contributed by atoms with E-state index in [2.05, 4.69) is 31.7 Å². The lowest BCUT2D eigenvalue weighted by atomic mass is 9.76. The van der Waals surface area contributed by atoms with Gasteiger partial charge >= 0.3 is 0 Å². The van der Waals surface area contributed by atoms with Gasteiger partial charge < -0.3 is 4.74 Å². The Morgan fingerprint density at radius 3 is 2.50 bits per heavy atom. The predicted octanol–water partition coefficient (Wildman–Crippen LogP) is 5.20. The summed E-state index contributed by atoms with van der Waals surface area (Å²) >= 11 is 0. The maximum absolute atomic E-state index is 8.88. The maximum atomic E-state index is 8.88. The number of benzene rings is 1. The lowest BCUT2D eigenvalue weighted by Gasteiger charge is -2.33. The highest BCUT2D eigenvalue weighted by Crippen LogP contribution is 2.38. The van der Waals surface area contributed by atoms with E-state index < -0.39 is 0 Å². The van der Waals surface area contributed by atoms with E-state index in [-0.39, 0.29) is 0 Å². The van der Waals surface area contributed by atoms with Crippen LogP contribution in [-0.4, -0.2) is 12.7 Å². The molecule has 0 N–H and O–H groups in total. The van der Waals surface area contributed by atoms with Gasteiger partial charge in [0.1, 0.15) is 0 Å². The highest BCUT2D eigenvalue weighted by molar-refractivity contribution is 5.33. The third-order valence-corrected chi connectivity index (χ3v) is 4.87. The molecule has 1 aliphatic rings. The van der Waals surface area contributed by atoms with Crippen molar-refractivity contribution in [2.24, 2.45) is 5.92 Å². The molecule has 0 saturated heterocycles. The molecule has 0 amide bonds. The van der Waals surface area contributed by atoms with Crippen molar-refractivity contribution in [1.29, 1.82) is 5.26 Å². The van der Waals surface area contributed by atoms with Crippen molar-refractivity contribution in [3.8, 4) is 6.07 Å². The Hall–Kier alpha value is -1.59. The topological polar surface area (TPSA) is 33.0 Å². The van der Waals surface area contributed by atoms with E-state index in [1.165, 1.54) is 31.2 Å². The lowest BCUT2D eigenvalue weighted by molar-refractivity contribution is -0.00122. The first kappa shape index (κ1) is 16.8. The van der Waals surface area contributed by atoms with E-state index in [0.29, 0.717) is 17.9 Å². The Labute approximate surface area is 134 Å². The largest absolute Gasteiger partial charge is 0.378 e. The van der Waals surface area contributed by atoms with Gasteiger partial charge in [-0.25, -0.2) is 0 Å². The first-order valence-electron chi connectivity index (χ1n) is 8.51. The van der Waals surface area contributed by atoms with Crippen LogP contribution >= 0.6 is 0 Å². The number of rotatable bonds is 7. The molecule has 0 bridgehead atoms. The molecule has 2 nitrogen and oxygen atoms in total. The Bertz CT molecular complexity index is 491. The SMILES string of the molecule is C=CCCOC(CC)C1CCC(c2ccc(C#N)cc2)CC1. The van der Waals surface area contributed by atoms with Gasteiger partial charge in [-0.3, -0.25) is 0 Å². The average molecular weight is 297 g/mol. The summed E-state index contributed by atoms with van der Waals surface area (Å²) in [5.74, 6) is 1.35. The summed E-state index contributed by atoms with van der Waals surface area (Å²) in [4.78, 5) is 0. The molecule has 1 unspecified atom stereocenters. The second kappa shape index (κ2) is 8.76. The van der Waals surface area contributed by atoms with E-state index in [1.807, 2.05) is 18.2 Å². The zero-order chi connectivity index (χ0) is 15.8. The quantitative estimate of drug-likeness (QED) is 0.511. The second-order valence-electron chi connectivity index (χ2n) is 6.24. The summed E-state index contributed by atoms with van der Waals surface area (Å²) in [6.45, 7) is 6.78. The van der Waals surface area contributed by atoms with Crippen LogP contribution in [0.15, 0.2) is 36.9 Å². The van der Waals surface area contributed by atoms with E-state index in [4.69, 9.17) is 10.00 Å². The second-order valence-corrected chi connectivity index (χ2v) is 6.24. The highest BCUT2D eigenvalue weighted by atomic mass is 16.5. The molecule has 0 aromatic heterocycles. The van der Waals surface area contributed by atoms with Crippen molar-refractivity contribution in [1.82, 2.24) is 0 Å². The van der Waals surface area contributed by atoms with Gasteiger partial charge in [-0.15, -0.1) is 6.58 Å². The Kier molecular flexibility index (Phi) is 6.68.